The van der Waals surface area contributed by atoms with Crippen LogP contribution in [0.5, 0.6) is 11.5 Å². The highest BCUT2D eigenvalue weighted by atomic mass is 16.5. The summed E-state index contributed by atoms with van der Waals surface area (Å²) in [4.78, 5) is 11.1. The van der Waals surface area contributed by atoms with E-state index in [-0.39, 0.29) is 0 Å². The smallest absolute Gasteiger partial charge is 0.320 e. The summed E-state index contributed by atoms with van der Waals surface area (Å²) in [5.74, 6) is 0.597. The van der Waals surface area contributed by atoms with Crippen LogP contribution >= 0.6 is 0 Å². The molecule has 1 unspecified atom stereocenters. The number of carboxylic acid groups (broad SMARTS) is 1. The highest BCUT2D eigenvalue weighted by Crippen LogP contribution is 2.21. The molecule has 0 aromatic heterocycles. The van der Waals surface area contributed by atoms with Gasteiger partial charge in [-0.1, -0.05) is 6.07 Å². The van der Waals surface area contributed by atoms with Crippen molar-refractivity contribution < 1.29 is 19.4 Å². The lowest BCUT2D eigenvalue weighted by molar-refractivity contribution is -0.139. The van der Waals surface area contributed by atoms with Crippen molar-refractivity contribution >= 4 is 5.97 Å². The first-order chi connectivity index (χ1) is 9.19. The van der Waals surface area contributed by atoms with E-state index in [2.05, 4.69) is 5.32 Å². The Morgan fingerprint density at radius 2 is 2.21 bits per heavy atom. The topological polar surface area (TPSA) is 67.8 Å². The Balaban J connectivity index is 1.78. The quantitative estimate of drug-likeness (QED) is 0.748. The Morgan fingerprint density at radius 3 is 2.84 bits per heavy atom. The predicted molar refractivity (Wildman–Crippen MR) is 70.7 cm³/mol. The minimum atomic E-state index is -0.818. The standard InChI is InChI=1S/C14H19NO4/c1-18-11-3-2-4-12(9-11)19-8-7-13(14(16)17)15-10-5-6-10/h2-4,9-10,13,15H,5-8H2,1H3,(H,16,17). The molecule has 1 fully saturated rings. The molecule has 1 aromatic rings. The number of methoxy groups -OCH3 is 1. The van der Waals surface area contributed by atoms with E-state index in [1.54, 1.807) is 13.2 Å². The maximum atomic E-state index is 11.1. The second kappa shape index (κ2) is 6.43. The fourth-order valence-corrected chi connectivity index (χ4v) is 1.80. The zero-order valence-electron chi connectivity index (χ0n) is 11.0. The van der Waals surface area contributed by atoms with Gasteiger partial charge in [-0.3, -0.25) is 4.79 Å². The summed E-state index contributed by atoms with van der Waals surface area (Å²) in [5, 5.41) is 12.2. The zero-order chi connectivity index (χ0) is 13.7. The number of ether oxygens (including phenoxy) is 2. The molecule has 5 nitrogen and oxygen atoms in total. The first-order valence-corrected chi connectivity index (χ1v) is 6.45. The molecule has 2 rings (SSSR count). The van der Waals surface area contributed by atoms with Gasteiger partial charge in [-0.15, -0.1) is 0 Å². The predicted octanol–water partition coefficient (Wildman–Crippen LogP) is 1.67. The van der Waals surface area contributed by atoms with Crippen LogP contribution in [-0.4, -0.2) is 36.9 Å². The Morgan fingerprint density at radius 1 is 1.47 bits per heavy atom. The van der Waals surface area contributed by atoms with Gasteiger partial charge in [-0.25, -0.2) is 0 Å². The van der Waals surface area contributed by atoms with Crippen LogP contribution in [0.1, 0.15) is 19.3 Å². The van der Waals surface area contributed by atoms with Crippen molar-refractivity contribution in [3.05, 3.63) is 24.3 Å². The second-order valence-corrected chi connectivity index (χ2v) is 4.65. The lowest BCUT2D eigenvalue weighted by Gasteiger charge is -2.14. The average Bonchev–Trinajstić information content (AvgIpc) is 3.21. The van der Waals surface area contributed by atoms with E-state index in [0.29, 0.717) is 24.8 Å². The van der Waals surface area contributed by atoms with E-state index in [1.807, 2.05) is 18.2 Å². The minimum Gasteiger partial charge on any atom is -0.497 e. The number of carboxylic acids is 1. The molecule has 2 N–H and O–H groups in total. The molecule has 0 spiro atoms. The number of hydrogen-bond acceptors (Lipinski definition) is 4. The van der Waals surface area contributed by atoms with Gasteiger partial charge in [0.2, 0.25) is 0 Å². The Bertz CT molecular complexity index is 431. The van der Waals surface area contributed by atoms with Crippen molar-refractivity contribution in [2.24, 2.45) is 0 Å². The van der Waals surface area contributed by atoms with Gasteiger partial charge < -0.3 is 19.9 Å². The third kappa shape index (κ3) is 4.44. The number of carbonyl (C=O) groups is 1. The van der Waals surface area contributed by atoms with Crippen molar-refractivity contribution in [2.75, 3.05) is 13.7 Å². The lowest BCUT2D eigenvalue weighted by Crippen LogP contribution is -2.39. The molecule has 0 bridgehead atoms. The largest absolute Gasteiger partial charge is 0.497 e. The Labute approximate surface area is 112 Å². The summed E-state index contributed by atoms with van der Waals surface area (Å²) >= 11 is 0. The van der Waals surface area contributed by atoms with Crippen LogP contribution in [0.25, 0.3) is 0 Å². The number of aliphatic carboxylic acids is 1. The summed E-state index contributed by atoms with van der Waals surface area (Å²) in [6.45, 7) is 0.365. The SMILES string of the molecule is COc1cccc(OCCC(NC2CC2)C(=O)O)c1. The normalized spacial score (nSPS) is 15.8. The molecule has 1 atom stereocenters. The van der Waals surface area contributed by atoms with Gasteiger partial charge >= 0.3 is 5.97 Å². The molecule has 0 saturated heterocycles. The number of benzene rings is 1. The zero-order valence-corrected chi connectivity index (χ0v) is 11.0. The van der Waals surface area contributed by atoms with Crippen LogP contribution < -0.4 is 14.8 Å². The molecular weight excluding hydrogens is 246 g/mol. The van der Waals surface area contributed by atoms with Crippen molar-refractivity contribution in [1.29, 1.82) is 0 Å². The van der Waals surface area contributed by atoms with Gasteiger partial charge in [0.05, 0.1) is 13.7 Å². The Kier molecular flexibility index (Phi) is 4.63. The third-order valence-corrected chi connectivity index (χ3v) is 3.03. The van der Waals surface area contributed by atoms with Crippen molar-refractivity contribution in [3.63, 3.8) is 0 Å². The van der Waals surface area contributed by atoms with E-state index in [9.17, 15) is 4.79 Å². The summed E-state index contributed by atoms with van der Waals surface area (Å²) in [6.07, 6.45) is 2.59. The summed E-state index contributed by atoms with van der Waals surface area (Å²) in [5.41, 5.74) is 0. The van der Waals surface area contributed by atoms with Gasteiger partial charge in [0, 0.05) is 18.5 Å². The maximum Gasteiger partial charge on any atom is 0.320 e. The summed E-state index contributed by atoms with van der Waals surface area (Å²) < 4.78 is 10.6. The monoisotopic (exact) mass is 265 g/mol. The molecule has 0 heterocycles. The Hall–Kier alpha value is -1.75. The molecule has 1 aliphatic rings. The first-order valence-electron chi connectivity index (χ1n) is 6.45. The van der Waals surface area contributed by atoms with Gasteiger partial charge in [0.15, 0.2) is 0 Å². The van der Waals surface area contributed by atoms with Gasteiger partial charge in [0.25, 0.3) is 0 Å². The third-order valence-electron chi connectivity index (χ3n) is 3.03. The molecule has 0 aliphatic heterocycles. The molecule has 1 aliphatic carbocycles. The molecule has 5 heteroatoms. The number of nitrogens with one attached hydrogen (secondary N) is 1. The van der Waals surface area contributed by atoms with Crippen LogP contribution in [0.2, 0.25) is 0 Å². The minimum absolute atomic E-state index is 0.365. The molecular formula is C14H19NO4. The van der Waals surface area contributed by atoms with Crippen molar-refractivity contribution in [2.45, 2.75) is 31.3 Å². The van der Waals surface area contributed by atoms with Gasteiger partial charge in [-0.2, -0.15) is 0 Å². The highest BCUT2D eigenvalue weighted by molar-refractivity contribution is 5.73. The van der Waals surface area contributed by atoms with E-state index >= 15 is 0 Å². The van der Waals surface area contributed by atoms with Crippen molar-refractivity contribution in [1.82, 2.24) is 5.32 Å². The van der Waals surface area contributed by atoms with E-state index in [1.165, 1.54) is 0 Å². The van der Waals surface area contributed by atoms with E-state index in [4.69, 9.17) is 14.6 Å². The molecule has 1 saturated carbocycles. The van der Waals surface area contributed by atoms with Crippen LogP contribution in [0.3, 0.4) is 0 Å². The fourth-order valence-electron chi connectivity index (χ4n) is 1.80. The van der Waals surface area contributed by atoms with Crippen LogP contribution in [0.4, 0.5) is 0 Å². The average molecular weight is 265 g/mol. The molecule has 0 radical (unpaired) electrons. The summed E-state index contributed by atoms with van der Waals surface area (Å²) in [6, 6.07) is 7.12. The maximum absolute atomic E-state index is 11.1. The lowest BCUT2D eigenvalue weighted by atomic mass is 10.2. The van der Waals surface area contributed by atoms with Crippen LogP contribution in [-0.2, 0) is 4.79 Å². The van der Waals surface area contributed by atoms with Crippen molar-refractivity contribution in [3.8, 4) is 11.5 Å². The van der Waals surface area contributed by atoms with E-state index in [0.717, 1.165) is 18.6 Å². The fraction of sp³-hybridized carbons (Fsp3) is 0.500. The molecule has 19 heavy (non-hydrogen) atoms. The molecule has 0 amide bonds. The molecule has 104 valence electrons. The van der Waals surface area contributed by atoms with Gasteiger partial charge in [0.1, 0.15) is 17.5 Å². The number of rotatable bonds is 8. The molecule has 1 aromatic carbocycles. The van der Waals surface area contributed by atoms with E-state index < -0.39 is 12.0 Å². The van der Waals surface area contributed by atoms with Crippen LogP contribution in [0, 0.1) is 0 Å². The highest BCUT2D eigenvalue weighted by Gasteiger charge is 2.27. The van der Waals surface area contributed by atoms with Gasteiger partial charge in [-0.05, 0) is 25.0 Å². The van der Waals surface area contributed by atoms with Crippen LogP contribution in [0.15, 0.2) is 24.3 Å². The second-order valence-electron chi connectivity index (χ2n) is 4.65. The number of hydrogen-bond donors (Lipinski definition) is 2. The summed E-state index contributed by atoms with van der Waals surface area (Å²) in [7, 11) is 1.60. The first kappa shape index (κ1) is 13.7.